The SMILES string of the molecule is CC1(C)C[N+]2(C(=O)OCc3ccc([N+](=O)[O-])cc3)C(=O)[C@H](NC(=O)CCCCC(=O)OCc3ccc([N+](=O)[O-])cc3)[C@@H]2S1. The summed E-state index contributed by atoms with van der Waals surface area (Å²) in [6.07, 6.45) is 0.176. The van der Waals surface area contributed by atoms with Gasteiger partial charge in [-0.3, -0.25) is 29.8 Å². The van der Waals surface area contributed by atoms with Gasteiger partial charge in [0, 0.05) is 37.1 Å². The highest BCUT2D eigenvalue weighted by atomic mass is 32.2. The summed E-state index contributed by atoms with van der Waals surface area (Å²) in [5.74, 6) is -1.30. The molecule has 4 rings (SSSR count). The summed E-state index contributed by atoms with van der Waals surface area (Å²) in [7, 11) is 0. The van der Waals surface area contributed by atoms with E-state index in [4.69, 9.17) is 9.47 Å². The minimum absolute atomic E-state index is 0.0210. The first-order valence-electron chi connectivity index (χ1n) is 13.5. The van der Waals surface area contributed by atoms with E-state index in [9.17, 15) is 39.4 Å². The van der Waals surface area contributed by atoms with Crippen LogP contribution < -0.4 is 5.32 Å². The number of nitro groups is 2. The van der Waals surface area contributed by atoms with Crippen LogP contribution in [-0.2, 0) is 37.1 Å². The van der Waals surface area contributed by atoms with Crippen LogP contribution in [0.5, 0.6) is 0 Å². The number of unbranched alkanes of at least 4 members (excludes halogenated alkanes) is 1. The van der Waals surface area contributed by atoms with Crippen LogP contribution in [0.25, 0.3) is 0 Å². The Kier molecular flexibility index (Phi) is 9.45. The van der Waals surface area contributed by atoms with E-state index in [1.807, 2.05) is 13.8 Å². The zero-order chi connectivity index (χ0) is 31.4. The van der Waals surface area contributed by atoms with E-state index < -0.39 is 48.5 Å². The number of β-lactam (4-membered cyclic amide) rings is 1. The number of thioether (sulfide) groups is 1. The fourth-order valence-electron chi connectivity index (χ4n) is 5.07. The third kappa shape index (κ3) is 7.17. The second-order valence-electron chi connectivity index (χ2n) is 10.9. The number of non-ortho nitro benzene ring substituents is 2. The van der Waals surface area contributed by atoms with Gasteiger partial charge >= 0.3 is 18.0 Å². The van der Waals surface area contributed by atoms with Gasteiger partial charge < -0.3 is 14.8 Å². The summed E-state index contributed by atoms with van der Waals surface area (Å²) >= 11 is 1.43. The van der Waals surface area contributed by atoms with Crippen molar-refractivity contribution in [1.29, 1.82) is 0 Å². The molecule has 0 saturated carbocycles. The molecule has 2 aliphatic rings. The normalized spacial score (nSPS) is 21.7. The van der Waals surface area contributed by atoms with Gasteiger partial charge in [0.1, 0.15) is 19.8 Å². The average Bonchev–Trinajstić information content (AvgIpc) is 3.24. The number of hydrogen-bond acceptors (Lipinski definition) is 11. The van der Waals surface area contributed by atoms with Crippen molar-refractivity contribution in [3.8, 4) is 0 Å². The van der Waals surface area contributed by atoms with Crippen molar-refractivity contribution in [2.24, 2.45) is 0 Å². The fourth-order valence-corrected chi connectivity index (χ4v) is 6.77. The third-order valence-corrected chi connectivity index (χ3v) is 8.82. The number of benzene rings is 2. The molecule has 2 saturated heterocycles. The monoisotopic (exact) mass is 615 g/mol. The number of nitro benzene ring substituents is 2. The lowest BCUT2D eigenvalue weighted by atomic mass is 9.99. The number of carbonyl (C=O) groups excluding carboxylic acids is 4. The van der Waals surface area contributed by atoms with Crippen LogP contribution in [0.15, 0.2) is 48.5 Å². The van der Waals surface area contributed by atoms with Gasteiger partial charge in [-0.15, -0.1) is 4.48 Å². The van der Waals surface area contributed by atoms with Gasteiger partial charge in [-0.05, 0) is 62.1 Å². The molecule has 2 aliphatic heterocycles. The van der Waals surface area contributed by atoms with Gasteiger partial charge in [0.05, 0.1) is 14.6 Å². The van der Waals surface area contributed by atoms with Crippen molar-refractivity contribution in [2.45, 2.75) is 68.9 Å². The first-order chi connectivity index (χ1) is 20.3. The molecule has 0 radical (unpaired) electrons. The van der Waals surface area contributed by atoms with E-state index >= 15 is 0 Å². The predicted molar refractivity (Wildman–Crippen MR) is 152 cm³/mol. The Morgan fingerprint density at radius 2 is 1.42 bits per heavy atom. The first-order valence-corrected chi connectivity index (χ1v) is 14.4. The number of esters is 1. The Balaban J connectivity index is 1.22. The largest absolute Gasteiger partial charge is 0.525 e. The number of nitrogens with zero attached hydrogens (tertiary/aromatic N) is 3. The summed E-state index contributed by atoms with van der Waals surface area (Å²) in [6.45, 7) is 3.84. The summed E-state index contributed by atoms with van der Waals surface area (Å²) < 4.78 is 9.66. The van der Waals surface area contributed by atoms with Crippen LogP contribution in [0.1, 0.15) is 50.7 Å². The second-order valence-corrected chi connectivity index (χ2v) is 12.8. The molecule has 14 nitrogen and oxygen atoms in total. The highest BCUT2D eigenvalue weighted by Crippen LogP contribution is 2.53. The van der Waals surface area contributed by atoms with E-state index in [1.165, 1.54) is 60.3 Å². The average molecular weight is 616 g/mol. The molecule has 43 heavy (non-hydrogen) atoms. The van der Waals surface area contributed by atoms with Gasteiger partial charge in [0.2, 0.25) is 11.9 Å². The molecule has 3 amide bonds. The Bertz CT molecular complexity index is 1430. The number of fused-ring (bicyclic) bond motifs is 1. The highest BCUT2D eigenvalue weighted by Gasteiger charge is 2.76. The molecule has 0 bridgehead atoms. The van der Waals surface area contributed by atoms with Crippen molar-refractivity contribution in [3.05, 3.63) is 79.9 Å². The molecular formula is C28H31N4O10S+. The van der Waals surface area contributed by atoms with Crippen LogP contribution >= 0.6 is 11.8 Å². The summed E-state index contributed by atoms with van der Waals surface area (Å²) in [5, 5.41) is 23.7. The van der Waals surface area contributed by atoms with Crippen molar-refractivity contribution in [2.75, 3.05) is 6.54 Å². The van der Waals surface area contributed by atoms with E-state index in [-0.39, 0.29) is 49.9 Å². The summed E-state index contributed by atoms with van der Waals surface area (Å²) in [6, 6.07) is 10.4. The number of hydrogen-bond donors (Lipinski definition) is 1. The van der Waals surface area contributed by atoms with Crippen molar-refractivity contribution in [3.63, 3.8) is 0 Å². The van der Waals surface area contributed by atoms with Gasteiger partial charge in [-0.1, -0.05) is 11.8 Å². The molecule has 1 unspecified atom stereocenters. The Morgan fingerprint density at radius 1 is 0.907 bits per heavy atom. The van der Waals surface area contributed by atoms with Crippen LogP contribution in [-0.4, -0.2) is 60.9 Å². The predicted octanol–water partition coefficient (Wildman–Crippen LogP) is 4.14. The second kappa shape index (κ2) is 12.9. The van der Waals surface area contributed by atoms with Crippen molar-refractivity contribution < 1.29 is 43.0 Å². The Labute approximate surface area is 250 Å². The van der Waals surface area contributed by atoms with E-state index in [1.54, 1.807) is 0 Å². The lowest BCUT2D eigenvalue weighted by Crippen LogP contribution is -2.80. The van der Waals surface area contributed by atoms with Crippen LogP contribution in [0.3, 0.4) is 0 Å². The maximum absolute atomic E-state index is 13.3. The molecule has 228 valence electrons. The van der Waals surface area contributed by atoms with Gasteiger partial charge in [0.25, 0.3) is 11.4 Å². The van der Waals surface area contributed by atoms with E-state index in [2.05, 4.69) is 5.32 Å². The molecule has 2 aromatic rings. The number of imide groups is 1. The maximum Gasteiger partial charge on any atom is 0.525 e. The molecule has 2 fully saturated rings. The minimum atomic E-state index is -0.863. The number of quaternary nitrogens is 1. The maximum atomic E-state index is 13.3. The van der Waals surface area contributed by atoms with Gasteiger partial charge in [-0.25, -0.2) is 4.79 Å². The van der Waals surface area contributed by atoms with Gasteiger partial charge in [0.15, 0.2) is 5.37 Å². The molecule has 1 N–H and O–H groups in total. The molecule has 0 aliphatic carbocycles. The first kappa shape index (κ1) is 31.6. The van der Waals surface area contributed by atoms with Crippen molar-refractivity contribution in [1.82, 2.24) is 5.32 Å². The minimum Gasteiger partial charge on any atom is -0.461 e. The Morgan fingerprint density at radius 3 is 1.95 bits per heavy atom. The fraction of sp³-hybridized carbons (Fsp3) is 0.429. The molecule has 15 heteroatoms. The van der Waals surface area contributed by atoms with Gasteiger partial charge in [-0.2, -0.15) is 4.79 Å². The number of amides is 3. The smallest absolute Gasteiger partial charge is 0.461 e. The number of nitrogens with one attached hydrogen (secondary N) is 1. The number of rotatable bonds is 12. The molecular weight excluding hydrogens is 584 g/mol. The quantitative estimate of drug-likeness (QED) is 0.0903. The molecule has 2 heterocycles. The molecule has 0 aromatic heterocycles. The number of carbonyl (C=O) groups is 4. The summed E-state index contributed by atoms with van der Waals surface area (Å²) in [5.41, 5.74) is 0.997. The lowest BCUT2D eigenvalue weighted by Gasteiger charge is -2.45. The molecule has 2 aromatic carbocycles. The lowest BCUT2D eigenvalue weighted by molar-refractivity contribution is -0.819. The zero-order valence-electron chi connectivity index (χ0n) is 23.6. The molecule has 3 atom stereocenters. The summed E-state index contributed by atoms with van der Waals surface area (Å²) in [4.78, 5) is 71.7. The van der Waals surface area contributed by atoms with Crippen molar-refractivity contribution >= 4 is 47.0 Å². The van der Waals surface area contributed by atoms with Crippen LogP contribution in [0.4, 0.5) is 16.2 Å². The Hall–Kier alpha value is -4.37. The highest BCUT2D eigenvalue weighted by molar-refractivity contribution is 8.01. The molecule has 0 spiro atoms. The van der Waals surface area contributed by atoms with E-state index in [0.717, 1.165) is 0 Å². The number of ether oxygens (including phenoxy) is 2. The topological polar surface area (TPSA) is 185 Å². The zero-order valence-corrected chi connectivity index (χ0v) is 24.4. The van der Waals surface area contributed by atoms with Crippen LogP contribution in [0, 0.1) is 20.2 Å². The van der Waals surface area contributed by atoms with E-state index in [0.29, 0.717) is 24.0 Å². The van der Waals surface area contributed by atoms with Crippen LogP contribution in [0.2, 0.25) is 0 Å². The third-order valence-electron chi connectivity index (χ3n) is 7.18. The standard InChI is InChI=1S/C28H30N4O10S/c1-28(2)17-32(27(36)42-16-19-9-13-21(14-10-19)31(39)40)25(35)24(26(32)43-28)29-22(33)5-3-4-6-23(34)41-15-18-7-11-20(12-8-18)30(37)38/h7-14,24,26H,3-6,15-17H2,1-2H3/p+1/t24-,26-,32?/m0/s1.